The molecule has 2 atom stereocenters. The van der Waals surface area contributed by atoms with Crippen molar-refractivity contribution in [1.82, 2.24) is 0 Å². The monoisotopic (exact) mass is 210 g/mol. The Morgan fingerprint density at radius 2 is 2.08 bits per heavy atom. The molecule has 0 amide bonds. The van der Waals surface area contributed by atoms with Crippen LogP contribution in [0.3, 0.4) is 0 Å². The minimum absolute atomic E-state index is 0.188. The Kier molecular flexibility index (Phi) is 2.68. The van der Waals surface area contributed by atoms with Crippen LogP contribution in [0.1, 0.15) is 20.8 Å². The molecule has 1 heterocycles. The van der Waals surface area contributed by atoms with Crippen LogP contribution in [0.5, 0.6) is 0 Å². The Balaban J connectivity index is 2.67. The number of hydrogen-bond acceptors (Lipinski definition) is 4. The van der Waals surface area contributed by atoms with Crippen LogP contribution in [-0.2, 0) is 19.6 Å². The van der Waals surface area contributed by atoms with Crippen LogP contribution >= 0.6 is 0 Å². The van der Waals surface area contributed by atoms with E-state index in [1.54, 1.807) is 13.8 Å². The van der Waals surface area contributed by atoms with Crippen LogP contribution in [0.25, 0.3) is 0 Å². The third-order valence-electron chi connectivity index (χ3n) is 2.02. The highest BCUT2D eigenvalue weighted by Crippen LogP contribution is 2.26. The minimum Gasteiger partial charge on any atom is -0.348 e. The third-order valence-corrected chi connectivity index (χ3v) is 3.27. The number of ether oxygens (including phenoxy) is 2. The largest absolute Gasteiger partial charge is 0.348 e. The molecule has 0 radical (unpaired) electrons. The van der Waals surface area contributed by atoms with E-state index in [4.69, 9.17) is 14.0 Å². The summed E-state index contributed by atoms with van der Waals surface area (Å²) in [6, 6.07) is 0. The minimum atomic E-state index is -4.04. The van der Waals surface area contributed by atoms with Crippen molar-refractivity contribution in [2.45, 2.75) is 37.9 Å². The molecule has 1 saturated heterocycles. The Labute approximate surface area is 77.8 Å². The van der Waals surface area contributed by atoms with E-state index in [0.29, 0.717) is 0 Å². The molecule has 1 N–H and O–H groups in total. The lowest BCUT2D eigenvalue weighted by Gasteiger charge is -2.19. The van der Waals surface area contributed by atoms with E-state index < -0.39 is 27.3 Å². The first kappa shape index (κ1) is 10.9. The van der Waals surface area contributed by atoms with Gasteiger partial charge in [-0.1, -0.05) is 0 Å². The van der Waals surface area contributed by atoms with E-state index in [1.165, 1.54) is 6.92 Å². The lowest BCUT2D eigenvalue weighted by molar-refractivity contribution is -0.138. The van der Waals surface area contributed by atoms with Crippen molar-refractivity contribution in [3.63, 3.8) is 0 Å². The molecular weight excluding hydrogens is 196 g/mol. The molecule has 1 rings (SSSR count). The Morgan fingerprint density at radius 1 is 1.54 bits per heavy atom. The fourth-order valence-corrected chi connectivity index (χ4v) is 1.66. The summed E-state index contributed by atoms with van der Waals surface area (Å²) in [7, 11) is -4.04. The molecule has 0 spiro atoms. The number of rotatable bonds is 2. The summed E-state index contributed by atoms with van der Waals surface area (Å²) in [5.74, 6) is -0.760. The summed E-state index contributed by atoms with van der Waals surface area (Å²) in [6.07, 6.45) is -0.593. The molecule has 0 unspecified atom stereocenters. The molecule has 78 valence electrons. The van der Waals surface area contributed by atoms with E-state index in [-0.39, 0.29) is 6.61 Å². The summed E-state index contributed by atoms with van der Waals surface area (Å²) >= 11 is 0. The van der Waals surface area contributed by atoms with Crippen molar-refractivity contribution in [3.8, 4) is 0 Å². The van der Waals surface area contributed by atoms with Crippen LogP contribution in [0, 0.1) is 0 Å². The maximum atomic E-state index is 10.7. The van der Waals surface area contributed by atoms with Gasteiger partial charge in [-0.05, 0) is 20.8 Å². The highest BCUT2D eigenvalue weighted by molar-refractivity contribution is 7.86. The molecular formula is C7H14O5S. The molecule has 1 aliphatic rings. The van der Waals surface area contributed by atoms with Gasteiger partial charge in [-0.15, -0.1) is 0 Å². The summed E-state index contributed by atoms with van der Waals surface area (Å²) in [4.78, 5) is 0. The zero-order valence-corrected chi connectivity index (χ0v) is 8.67. The first-order valence-electron chi connectivity index (χ1n) is 4.00. The van der Waals surface area contributed by atoms with Crippen LogP contribution in [-0.4, -0.2) is 36.7 Å². The summed E-state index contributed by atoms with van der Waals surface area (Å²) in [5.41, 5.74) is 0. The van der Waals surface area contributed by atoms with Crippen LogP contribution in [0.2, 0.25) is 0 Å². The average molecular weight is 210 g/mol. The normalized spacial score (nSPS) is 30.3. The van der Waals surface area contributed by atoms with Gasteiger partial charge in [0.25, 0.3) is 10.1 Å². The summed E-state index contributed by atoms with van der Waals surface area (Å²) in [5, 5.41) is -0.950. The fraction of sp³-hybridized carbons (Fsp3) is 1.00. The third kappa shape index (κ3) is 2.63. The zero-order valence-electron chi connectivity index (χ0n) is 7.85. The Morgan fingerprint density at radius 3 is 2.38 bits per heavy atom. The standard InChI is InChI=1S/C7H14O5S/c1-5(13(8,9)10)6-4-11-7(2,3)12-6/h5-6H,4H2,1-3H3,(H,8,9,10)/t5-,6-/m1/s1. The molecule has 5 nitrogen and oxygen atoms in total. The van der Waals surface area contributed by atoms with Crippen molar-refractivity contribution in [3.05, 3.63) is 0 Å². The molecule has 1 aliphatic heterocycles. The van der Waals surface area contributed by atoms with E-state index in [0.717, 1.165) is 0 Å². The fourth-order valence-electron chi connectivity index (χ4n) is 1.14. The van der Waals surface area contributed by atoms with Gasteiger partial charge in [0.2, 0.25) is 0 Å². The molecule has 0 aromatic rings. The quantitative estimate of drug-likeness (QED) is 0.668. The zero-order chi connectivity index (χ0) is 10.3. The van der Waals surface area contributed by atoms with E-state index in [9.17, 15) is 8.42 Å². The van der Waals surface area contributed by atoms with Crippen LogP contribution in [0.4, 0.5) is 0 Å². The van der Waals surface area contributed by atoms with Gasteiger partial charge in [-0.3, -0.25) is 4.55 Å². The van der Waals surface area contributed by atoms with Crippen molar-refractivity contribution < 1.29 is 22.4 Å². The predicted molar refractivity (Wildman–Crippen MR) is 45.9 cm³/mol. The topological polar surface area (TPSA) is 72.8 Å². The van der Waals surface area contributed by atoms with Gasteiger partial charge in [0.05, 0.1) is 6.61 Å². The van der Waals surface area contributed by atoms with Gasteiger partial charge in [0.15, 0.2) is 5.79 Å². The summed E-state index contributed by atoms with van der Waals surface area (Å²) in [6.45, 7) is 4.98. The predicted octanol–water partition coefficient (Wildman–Crippen LogP) is 0.414. The van der Waals surface area contributed by atoms with Crippen molar-refractivity contribution >= 4 is 10.1 Å². The van der Waals surface area contributed by atoms with Crippen molar-refractivity contribution in [2.75, 3.05) is 6.61 Å². The lowest BCUT2D eigenvalue weighted by Crippen LogP contribution is -2.34. The van der Waals surface area contributed by atoms with Crippen molar-refractivity contribution in [1.29, 1.82) is 0 Å². The van der Waals surface area contributed by atoms with Gasteiger partial charge in [0, 0.05) is 0 Å². The average Bonchev–Trinajstić information content (AvgIpc) is 2.26. The van der Waals surface area contributed by atoms with E-state index >= 15 is 0 Å². The highest BCUT2D eigenvalue weighted by Gasteiger charge is 2.40. The van der Waals surface area contributed by atoms with Gasteiger partial charge in [0.1, 0.15) is 11.4 Å². The van der Waals surface area contributed by atoms with Crippen molar-refractivity contribution in [2.24, 2.45) is 0 Å². The second-order valence-electron chi connectivity index (χ2n) is 3.59. The lowest BCUT2D eigenvalue weighted by atomic mass is 10.3. The van der Waals surface area contributed by atoms with Crippen LogP contribution < -0.4 is 0 Å². The first-order chi connectivity index (χ1) is 5.72. The maximum Gasteiger partial charge on any atom is 0.270 e. The van der Waals surface area contributed by atoms with Gasteiger partial charge in [-0.2, -0.15) is 8.42 Å². The Hall–Kier alpha value is -0.170. The molecule has 0 aliphatic carbocycles. The SMILES string of the molecule is C[C@H]([C@H]1COC(C)(C)O1)S(=O)(=O)O. The summed E-state index contributed by atoms with van der Waals surface area (Å²) < 4.78 is 40.7. The van der Waals surface area contributed by atoms with Gasteiger partial charge < -0.3 is 9.47 Å². The molecule has 6 heteroatoms. The second kappa shape index (κ2) is 3.20. The Bertz CT molecular complexity index is 281. The highest BCUT2D eigenvalue weighted by atomic mass is 32.2. The molecule has 0 bridgehead atoms. The maximum absolute atomic E-state index is 10.7. The molecule has 13 heavy (non-hydrogen) atoms. The van der Waals surface area contributed by atoms with Gasteiger partial charge >= 0.3 is 0 Å². The van der Waals surface area contributed by atoms with Gasteiger partial charge in [-0.25, -0.2) is 0 Å². The molecule has 1 fully saturated rings. The second-order valence-corrected chi connectivity index (χ2v) is 5.36. The molecule has 0 saturated carbocycles. The van der Waals surface area contributed by atoms with E-state index in [2.05, 4.69) is 0 Å². The molecule has 0 aromatic heterocycles. The number of hydrogen-bond donors (Lipinski definition) is 1. The first-order valence-corrected chi connectivity index (χ1v) is 5.51. The smallest absolute Gasteiger partial charge is 0.270 e. The van der Waals surface area contributed by atoms with Crippen LogP contribution in [0.15, 0.2) is 0 Å². The molecule has 0 aromatic carbocycles. The van der Waals surface area contributed by atoms with E-state index in [1.807, 2.05) is 0 Å².